The van der Waals surface area contributed by atoms with Gasteiger partial charge in [0.25, 0.3) is 17.7 Å². The Hall–Kier alpha value is -3.81. The van der Waals surface area contributed by atoms with Gasteiger partial charge in [-0.2, -0.15) is 0 Å². The van der Waals surface area contributed by atoms with Crippen molar-refractivity contribution in [1.82, 2.24) is 19.7 Å². The Kier molecular flexibility index (Phi) is 6.10. The second-order valence-corrected chi connectivity index (χ2v) is 10.4. The number of hydrogen-bond acceptors (Lipinski definition) is 5. The highest BCUT2D eigenvalue weighted by Crippen LogP contribution is 2.32. The number of amides is 3. The molecule has 0 bridgehead atoms. The van der Waals surface area contributed by atoms with Gasteiger partial charge in [0, 0.05) is 35.8 Å². The lowest BCUT2D eigenvalue weighted by molar-refractivity contribution is 0.0549. The van der Waals surface area contributed by atoms with Gasteiger partial charge in [0.15, 0.2) is 5.82 Å². The van der Waals surface area contributed by atoms with Gasteiger partial charge >= 0.3 is 0 Å². The van der Waals surface area contributed by atoms with E-state index in [0.29, 0.717) is 22.4 Å². The normalized spacial score (nSPS) is 17.9. The van der Waals surface area contributed by atoms with Gasteiger partial charge in [-0.15, -0.1) is 10.2 Å². The molecule has 8 heteroatoms. The van der Waals surface area contributed by atoms with Crippen LogP contribution in [0.15, 0.2) is 36.4 Å². The van der Waals surface area contributed by atoms with Crippen molar-refractivity contribution in [1.29, 1.82) is 0 Å². The third kappa shape index (κ3) is 4.24. The summed E-state index contributed by atoms with van der Waals surface area (Å²) in [6, 6.07) is 10.7. The molecule has 0 atom stereocenters. The summed E-state index contributed by atoms with van der Waals surface area (Å²) in [4.78, 5) is 40.8. The number of imide groups is 1. The molecule has 2 aromatic carbocycles. The second kappa shape index (κ2) is 9.57. The van der Waals surface area contributed by atoms with Crippen LogP contribution in [0.4, 0.5) is 5.69 Å². The molecule has 1 aromatic heterocycles. The molecule has 3 aliphatic rings. The summed E-state index contributed by atoms with van der Waals surface area (Å²) in [7, 11) is 0. The maximum Gasteiger partial charge on any atom is 0.261 e. The minimum Gasteiger partial charge on any atom is -0.322 e. The minimum atomic E-state index is -0.320. The molecular formula is C29H31N5O3. The molecule has 8 nitrogen and oxygen atoms in total. The molecular weight excluding hydrogens is 466 g/mol. The van der Waals surface area contributed by atoms with Gasteiger partial charge in [-0.25, -0.2) is 0 Å². The summed E-state index contributed by atoms with van der Waals surface area (Å²) in [6.45, 7) is 2.84. The Morgan fingerprint density at radius 1 is 0.892 bits per heavy atom. The Bertz CT molecular complexity index is 1400. The van der Waals surface area contributed by atoms with Gasteiger partial charge in [0.2, 0.25) is 0 Å². The summed E-state index contributed by atoms with van der Waals surface area (Å²) >= 11 is 0. The van der Waals surface area contributed by atoms with E-state index < -0.39 is 0 Å². The van der Waals surface area contributed by atoms with E-state index in [9.17, 15) is 14.4 Å². The molecule has 1 fully saturated rings. The van der Waals surface area contributed by atoms with Gasteiger partial charge in [0.05, 0.1) is 11.1 Å². The lowest BCUT2D eigenvalue weighted by atomic mass is 9.94. The van der Waals surface area contributed by atoms with E-state index in [0.717, 1.165) is 80.7 Å². The Morgan fingerprint density at radius 2 is 1.68 bits per heavy atom. The first-order valence-electron chi connectivity index (χ1n) is 13.4. The fraction of sp³-hybridized carbons (Fsp3) is 0.414. The Labute approximate surface area is 216 Å². The average molecular weight is 498 g/mol. The highest BCUT2D eigenvalue weighted by Gasteiger charge is 2.40. The van der Waals surface area contributed by atoms with Crippen LogP contribution in [0, 0.1) is 6.92 Å². The molecule has 37 heavy (non-hydrogen) atoms. The molecule has 0 spiro atoms. The van der Waals surface area contributed by atoms with E-state index in [1.165, 1.54) is 11.3 Å². The fourth-order valence-electron chi connectivity index (χ4n) is 5.86. The van der Waals surface area contributed by atoms with Crippen molar-refractivity contribution in [3.8, 4) is 11.4 Å². The van der Waals surface area contributed by atoms with Crippen LogP contribution in [-0.4, -0.2) is 43.4 Å². The zero-order chi connectivity index (χ0) is 25.5. The standard InChI is InChI=1S/C29H31N5O3/c1-18-11-12-19(26-32-31-25-10-6-3-7-15-33(25)26)17-24(18)30-27(35)20-13-14-22-23(16-20)29(37)34(28(22)36)21-8-4-2-5-9-21/h11-14,16-17,21H,2-10,15H2,1H3,(H,30,35). The smallest absolute Gasteiger partial charge is 0.261 e. The van der Waals surface area contributed by atoms with Gasteiger partial charge in [0.1, 0.15) is 5.82 Å². The summed E-state index contributed by atoms with van der Waals surface area (Å²) < 4.78 is 2.18. The van der Waals surface area contributed by atoms with Crippen molar-refractivity contribution in [2.24, 2.45) is 0 Å². The van der Waals surface area contributed by atoms with Crippen LogP contribution in [0.1, 0.15) is 93.8 Å². The summed E-state index contributed by atoms with van der Waals surface area (Å²) in [5.74, 6) is 0.983. The van der Waals surface area contributed by atoms with Gasteiger partial charge in [-0.05, 0) is 62.4 Å². The molecule has 0 radical (unpaired) electrons. The predicted octanol–water partition coefficient (Wildman–Crippen LogP) is 5.16. The van der Waals surface area contributed by atoms with Gasteiger partial charge in [-0.3, -0.25) is 19.3 Å². The summed E-state index contributed by atoms with van der Waals surface area (Å²) in [5.41, 5.74) is 3.56. The molecule has 3 heterocycles. The number of nitrogens with one attached hydrogen (secondary N) is 1. The largest absolute Gasteiger partial charge is 0.322 e. The number of aromatic nitrogens is 3. The monoisotopic (exact) mass is 497 g/mol. The quantitative estimate of drug-likeness (QED) is 0.502. The predicted molar refractivity (Wildman–Crippen MR) is 140 cm³/mol. The first-order chi connectivity index (χ1) is 18.0. The van der Waals surface area contributed by atoms with Gasteiger partial charge < -0.3 is 9.88 Å². The molecule has 3 amide bonds. The van der Waals surface area contributed by atoms with E-state index in [1.807, 2.05) is 25.1 Å². The van der Waals surface area contributed by atoms with Crippen LogP contribution >= 0.6 is 0 Å². The molecule has 1 saturated carbocycles. The maximum atomic E-state index is 13.3. The number of benzene rings is 2. The molecule has 6 rings (SSSR count). The van der Waals surface area contributed by atoms with Crippen molar-refractivity contribution in [3.05, 3.63) is 64.5 Å². The van der Waals surface area contributed by atoms with Crippen molar-refractivity contribution in [2.45, 2.75) is 77.3 Å². The third-order valence-corrected chi connectivity index (χ3v) is 7.97. The van der Waals surface area contributed by atoms with Crippen LogP contribution in [-0.2, 0) is 13.0 Å². The van der Waals surface area contributed by atoms with Gasteiger partial charge in [-0.1, -0.05) is 37.8 Å². The van der Waals surface area contributed by atoms with Crippen molar-refractivity contribution < 1.29 is 14.4 Å². The molecule has 1 aliphatic carbocycles. The summed E-state index contributed by atoms with van der Waals surface area (Å²) in [6.07, 6.45) is 9.25. The highest BCUT2D eigenvalue weighted by atomic mass is 16.2. The molecule has 190 valence electrons. The van der Waals surface area contributed by atoms with E-state index in [1.54, 1.807) is 18.2 Å². The van der Waals surface area contributed by atoms with Crippen molar-refractivity contribution >= 4 is 23.4 Å². The molecule has 0 unspecified atom stereocenters. The highest BCUT2D eigenvalue weighted by molar-refractivity contribution is 6.22. The number of carbonyl (C=O) groups is 3. The van der Waals surface area contributed by atoms with Crippen LogP contribution in [0.3, 0.4) is 0 Å². The second-order valence-electron chi connectivity index (χ2n) is 10.4. The average Bonchev–Trinajstić information content (AvgIpc) is 3.32. The fourth-order valence-corrected chi connectivity index (χ4v) is 5.86. The first kappa shape index (κ1) is 23.6. The van der Waals surface area contributed by atoms with Crippen LogP contribution in [0.25, 0.3) is 11.4 Å². The van der Waals surface area contributed by atoms with Crippen LogP contribution < -0.4 is 5.32 Å². The number of anilines is 1. The van der Waals surface area contributed by atoms with E-state index >= 15 is 0 Å². The number of carbonyl (C=O) groups excluding carboxylic acids is 3. The Balaban J connectivity index is 1.25. The molecule has 0 saturated heterocycles. The summed E-state index contributed by atoms with van der Waals surface area (Å²) in [5, 5.41) is 11.9. The third-order valence-electron chi connectivity index (χ3n) is 7.97. The van der Waals surface area contributed by atoms with E-state index in [2.05, 4.69) is 20.1 Å². The lowest BCUT2D eigenvalue weighted by Gasteiger charge is -2.29. The number of rotatable bonds is 4. The van der Waals surface area contributed by atoms with Crippen molar-refractivity contribution in [2.75, 3.05) is 5.32 Å². The number of hydrogen-bond donors (Lipinski definition) is 1. The number of fused-ring (bicyclic) bond motifs is 2. The number of aryl methyl sites for hydroxylation is 2. The minimum absolute atomic E-state index is 0.0454. The van der Waals surface area contributed by atoms with E-state index in [-0.39, 0.29) is 23.8 Å². The SMILES string of the molecule is Cc1ccc(-c2nnc3n2CCCCC3)cc1NC(=O)c1ccc2c(c1)C(=O)N(C1CCCCC1)C2=O. The van der Waals surface area contributed by atoms with Crippen LogP contribution in [0.2, 0.25) is 0 Å². The van der Waals surface area contributed by atoms with Crippen molar-refractivity contribution in [3.63, 3.8) is 0 Å². The van der Waals surface area contributed by atoms with Crippen LogP contribution in [0.5, 0.6) is 0 Å². The number of nitrogens with zero attached hydrogens (tertiary/aromatic N) is 4. The zero-order valence-corrected chi connectivity index (χ0v) is 21.1. The zero-order valence-electron chi connectivity index (χ0n) is 21.1. The molecule has 3 aromatic rings. The lowest BCUT2D eigenvalue weighted by Crippen LogP contribution is -2.40. The maximum absolute atomic E-state index is 13.3. The van der Waals surface area contributed by atoms with E-state index in [4.69, 9.17) is 0 Å². The topological polar surface area (TPSA) is 97.2 Å². The Morgan fingerprint density at radius 3 is 2.51 bits per heavy atom. The molecule has 2 aliphatic heterocycles. The molecule has 1 N–H and O–H groups in total. The first-order valence-corrected chi connectivity index (χ1v) is 13.4.